The summed E-state index contributed by atoms with van der Waals surface area (Å²) in [7, 11) is -21.7. The van der Waals surface area contributed by atoms with Crippen LogP contribution in [-0.4, -0.2) is 69.2 Å². The molecule has 0 fully saturated rings. The average molecular weight is 418 g/mol. The fraction of sp³-hybridized carbons (Fsp3) is 0. The zero-order valence-electron chi connectivity index (χ0n) is 8.93. The molecule has 0 saturated heterocycles. The maximum atomic E-state index is 9.29. The Kier molecular flexibility index (Phi) is 15.6. The molecule has 112 valence electrons. The van der Waals surface area contributed by atoms with Gasteiger partial charge in [0.25, 0.3) is 0 Å². The third-order valence-corrected chi connectivity index (χ3v) is 3.00. The average Bonchev–Trinajstić information content (AvgIpc) is 1.64. The molecule has 14 nitrogen and oxygen atoms in total. The Hall–Kier alpha value is 1.73. The van der Waals surface area contributed by atoms with Gasteiger partial charge in [0.2, 0.25) is 41.6 Å². The second kappa shape index (κ2) is 10.5. The molecule has 20 heteroatoms. The second-order valence-corrected chi connectivity index (χ2v) is 6.12. The molecule has 0 rings (SSSR count). The Labute approximate surface area is 167 Å². The van der Waals surface area contributed by atoms with Crippen molar-refractivity contribution in [3.8, 4) is 0 Å². The van der Waals surface area contributed by atoms with E-state index < -0.39 is 41.6 Å². The van der Waals surface area contributed by atoms with Crippen molar-refractivity contribution in [3.63, 3.8) is 0 Å². The van der Waals surface area contributed by atoms with Gasteiger partial charge in [0.15, 0.2) is 0 Å². The predicted molar refractivity (Wildman–Crippen MR) is 46.7 cm³/mol. The summed E-state index contributed by atoms with van der Waals surface area (Å²) in [5, 5.41) is 0. The summed E-state index contributed by atoms with van der Waals surface area (Å²) in [6.07, 6.45) is 0. The van der Waals surface area contributed by atoms with Crippen LogP contribution in [-0.2, 0) is 48.9 Å². The Balaban J connectivity index is -0.000000116. The first-order chi connectivity index (χ1) is 7.41. The first-order valence-electron chi connectivity index (χ1n) is 2.67. The van der Waals surface area contributed by atoms with Gasteiger partial charge in [0.1, 0.15) is 0 Å². The van der Waals surface area contributed by atoms with E-state index in [4.69, 9.17) is 0 Å². The first-order valence-corrected chi connectivity index (χ1v) is 8.00. The van der Waals surface area contributed by atoms with E-state index in [1.165, 1.54) is 0 Å². The molecule has 0 amide bonds. The van der Waals surface area contributed by atoms with Crippen LogP contribution in [0.25, 0.3) is 0 Å². The molecular weight excluding hydrogens is 418 g/mol. The molecule has 0 radical (unpaired) electrons. The van der Waals surface area contributed by atoms with Crippen molar-refractivity contribution in [1.29, 1.82) is 0 Å². The van der Waals surface area contributed by atoms with Crippen LogP contribution >= 0.6 is 0 Å². The van der Waals surface area contributed by atoms with E-state index in [-0.39, 0.29) is 68.7 Å². The van der Waals surface area contributed by atoms with Crippen molar-refractivity contribution >= 4 is 59.0 Å². The number of hydrogen-bond donors (Lipinski definition) is 0. The Bertz CT molecular complexity index is 537. The second-order valence-electron chi connectivity index (χ2n) is 1.77. The molecule has 0 aromatic rings. The van der Waals surface area contributed by atoms with E-state index >= 15 is 0 Å². The fourth-order valence-corrected chi connectivity index (χ4v) is 1.84. The summed E-state index contributed by atoms with van der Waals surface area (Å²) in [5.41, 5.74) is 0. The van der Waals surface area contributed by atoms with Gasteiger partial charge in [0.05, 0.1) is 0 Å². The molecule has 0 saturated carbocycles. The smallest absolute Gasteiger partial charge is 0.725 e. The van der Waals surface area contributed by atoms with Crippen LogP contribution < -0.4 is 51.4 Å². The molecule has 0 aromatic carbocycles. The van der Waals surface area contributed by atoms with E-state index in [1.54, 1.807) is 0 Å². The van der Waals surface area contributed by atoms with Crippen molar-refractivity contribution in [1.82, 2.24) is 0 Å². The number of rotatable bonds is 4. The third-order valence-electron chi connectivity index (χ3n) is 0.333. The van der Waals surface area contributed by atoms with Crippen LogP contribution in [0.1, 0.15) is 0 Å². The van der Waals surface area contributed by atoms with Crippen molar-refractivity contribution in [2.75, 3.05) is 0 Å². The molecule has 0 aliphatic heterocycles. The van der Waals surface area contributed by atoms with Gasteiger partial charge < -0.3 is 18.2 Å². The molecule has 0 aliphatic rings. The molecular formula is AlKO14S4. The topological polar surface area (TPSA) is 247 Å². The summed E-state index contributed by atoms with van der Waals surface area (Å²) in [6.45, 7) is 0. The minimum absolute atomic E-state index is 0. The first kappa shape index (κ1) is 29.7. The van der Waals surface area contributed by atoms with Gasteiger partial charge >= 0.3 is 68.7 Å². The quantitative estimate of drug-likeness (QED) is 0.234. The molecule has 0 unspecified atom stereocenters. The molecule has 0 bridgehead atoms. The number of hydrogen-bond acceptors (Lipinski definition) is 14. The SMILES string of the molecule is O=S(=O)([O-])OS(=O)(=O)[O-].O=S(=O)([O-])OS(=O)(=O)[O-].[Al+3].[K+]. The van der Waals surface area contributed by atoms with Gasteiger partial charge in [-0.1, -0.05) is 0 Å². The van der Waals surface area contributed by atoms with Crippen LogP contribution in [0.5, 0.6) is 0 Å². The van der Waals surface area contributed by atoms with Crippen LogP contribution in [0.4, 0.5) is 0 Å². The summed E-state index contributed by atoms with van der Waals surface area (Å²) >= 11 is 0. The largest absolute Gasteiger partial charge is 3.00 e. The van der Waals surface area contributed by atoms with Crippen molar-refractivity contribution in [3.05, 3.63) is 0 Å². The summed E-state index contributed by atoms with van der Waals surface area (Å²) in [5.74, 6) is 0. The van der Waals surface area contributed by atoms with E-state index in [0.717, 1.165) is 0 Å². The molecule has 20 heavy (non-hydrogen) atoms. The fourth-order valence-electron chi connectivity index (χ4n) is 0.204. The normalized spacial score (nSPS) is 12.2. The van der Waals surface area contributed by atoms with Gasteiger partial charge in [-0.3, -0.25) is 0 Å². The Morgan fingerprint density at radius 2 is 0.600 bits per heavy atom. The molecule has 0 aliphatic carbocycles. The molecule has 0 heterocycles. The van der Waals surface area contributed by atoms with E-state index in [1.807, 2.05) is 0 Å². The minimum atomic E-state index is -5.43. The maximum Gasteiger partial charge on any atom is 3.00 e. The van der Waals surface area contributed by atoms with Gasteiger partial charge in [-0.15, -0.1) is 0 Å². The summed E-state index contributed by atoms with van der Waals surface area (Å²) < 4.78 is 116. The zero-order valence-corrected chi connectivity index (χ0v) is 16.5. The van der Waals surface area contributed by atoms with Gasteiger partial charge in [-0.25, -0.2) is 33.7 Å². The van der Waals surface area contributed by atoms with Crippen LogP contribution in [0.15, 0.2) is 0 Å². The van der Waals surface area contributed by atoms with E-state index in [2.05, 4.69) is 7.26 Å². The van der Waals surface area contributed by atoms with Gasteiger partial charge in [0, 0.05) is 0 Å². The zero-order chi connectivity index (χ0) is 15.4. The molecule has 0 aromatic heterocycles. The van der Waals surface area contributed by atoms with Gasteiger partial charge in [-0.05, 0) is 0 Å². The maximum absolute atomic E-state index is 9.29. The van der Waals surface area contributed by atoms with Crippen LogP contribution in [0.3, 0.4) is 0 Å². The Morgan fingerprint density at radius 1 is 0.500 bits per heavy atom. The Morgan fingerprint density at radius 3 is 0.600 bits per heavy atom. The van der Waals surface area contributed by atoms with Crippen molar-refractivity contribution < 1.29 is 111 Å². The van der Waals surface area contributed by atoms with Gasteiger partial charge in [-0.2, -0.15) is 7.26 Å². The minimum Gasteiger partial charge on any atom is -0.725 e. The monoisotopic (exact) mass is 418 g/mol. The standard InChI is InChI=1S/Al.K.2H2O7S2/c;;2*1-8(2,3)7-9(4,5)6/h;;2*(H,1,2,3)(H,4,5,6)/q+3;+1;;/p-4. The predicted octanol–water partition coefficient (Wildman–Crippen LogP) is -7.53. The van der Waals surface area contributed by atoms with Crippen LogP contribution in [0.2, 0.25) is 0 Å². The van der Waals surface area contributed by atoms with Crippen molar-refractivity contribution in [2.45, 2.75) is 0 Å². The molecule has 0 spiro atoms. The summed E-state index contributed by atoms with van der Waals surface area (Å²) in [4.78, 5) is 0. The van der Waals surface area contributed by atoms with E-state index in [9.17, 15) is 51.9 Å². The van der Waals surface area contributed by atoms with E-state index in [0.29, 0.717) is 0 Å². The molecule has 0 N–H and O–H groups in total. The summed E-state index contributed by atoms with van der Waals surface area (Å²) in [6, 6.07) is 0. The van der Waals surface area contributed by atoms with Crippen LogP contribution in [0, 0.1) is 0 Å². The van der Waals surface area contributed by atoms with Crippen molar-refractivity contribution in [2.24, 2.45) is 0 Å². The third kappa shape index (κ3) is 36.7. The molecule has 0 atom stereocenters.